The van der Waals surface area contributed by atoms with Crippen molar-refractivity contribution in [2.45, 2.75) is 12.8 Å². The van der Waals surface area contributed by atoms with E-state index in [1.165, 1.54) is 6.08 Å². The molecule has 4 aliphatic rings. The number of ketones is 2. The second-order valence-corrected chi connectivity index (χ2v) is 7.79. The van der Waals surface area contributed by atoms with Gasteiger partial charge in [0.2, 0.25) is 0 Å². The van der Waals surface area contributed by atoms with Gasteiger partial charge in [0.1, 0.15) is 0 Å². The zero-order chi connectivity index (χ0) is 21.4. The number of rotatable bonds is 7. The molecule has 0 spiro atoms. The van der Waals surface area contributed by atoms with Crippen LogP contribution in [0.4, 0.5) is 0 Å². The van der Waals surface area contributed by atoms with Crippen molar-refractivity contribution in [1.29, 1.82) is 0 Å². The lowest BCUT2D eigenvalue weighted by Gasteiger charge is -2.18. The molecule has 0 aromatic heterocycles. The van der Waals surface area contributed by atoms with Crippen LogP contribution in [0.1, 0.15) is 12.8 Å². The molecule has 4 rings (SSSR count). The third kappa shape index (κ3) is 3.36. The molecule has 2 aliphatic heterocycles. The lowest BCUT2D eigenvalue weighted by Crippen LogP contribution is -2.23. The van der Waals surface area contributed by atoms with Gasteiger partial charge >= 0.3 is 0 Å². The number of nitrogens with one attached hydrogen (secondary N) is 2. The topological polar surface area (TPSA) is 90.9 Å². The highest BCUT2D eigenvalue weighted by atomic mass is 16.2. The summed E-state index contributed by atoms with van der Waals surface area (Å²) in [6.07, 6.45) is 9.36. The van der Waals surface area contributed by atoms with Crippen molar-refractivity contribution < 1.29 is 14.4 Å². The average molecular weight is 404 g/mol. The minimum atomic E-state index is -0.250. The number of hydrogen-bond donors (Lipinski definition) is 2. The minimum Gasteiger partial charge on any atom is -0.321 e. The van der Waals surface area contributed by atoms with Crippen molar-refractivity contribution in [1.82, 2.24) is 15.5 Å². The molecule has 30 heavy (non-hydrogen) atoms. The third-order valence-electron chi connectivity index (χ3n) is 5.49. The van der Waals surface area contributed by atoms with E-state index in [9.17, 15) is 14.4 Å². The first-order valence-corrected chi connectivity index (χ1v) is 9.99. The second-order valence-electron chi connectivity index (χ2n) is 7.79. The Labute approximate surface area is 175 Å². The second kappa shape index (κ2) is 7.93. The zero-order valence-corrected chi connectivity index (χ0v) is 17.3. The van der Waals surface area contributed by atoms with Crippen LogP contribution in [0.25, 0.3) is 0 Å². The number of nitrogens with zero attached hydrogens (tertiary/aromatic N) is 2. The summed E-state index contributed by atoms with van der Waals surface area (Å²) in [5.74, 6) is -0.503. The standard InChI is InChI=1S/C23H24N4O3/c1-24-11-9-14-20-18(29)8-7-15(22(20)26-23(14)30)21-13(10-12-27(2)3)19-16(25-21)5-4-6-17(19)28/h4-8,24H,9-12H2,1-3H3,(H,26,30). The van der Waals surface area contributed by atoms with Crippen LogP contribution in [-0.4, -0.2) is 62.3 Å². The first-order valence-electron chi connectivity index (χ1n) is 9.99. The Bertz CT molecular complexity index is 1080. The Balaban J connectivity index is 1.84. The number of allylic oxidation sites excluding steroid dienone is 8. The Morgan fingerprint density at radius 1 is 1.00 bits per heavy atom. The third-order valence-corrected chi connectivity index (χ3v) is 5.49. The van der Waals surface area contributed by atoms with Gasteiger partial charge < -0.3 is 15.5 Å². The summed E-state index contributed by atoms with van der Waals surface area (Å²) >= 11 is 0. The molecule has 0 atom stereocenters. The highest BCUT2D eigenvalue weighted by Gasteiger charge is 2.38. The van der Waals surface area contributed by atoms with Crippen LogP contribution in [0.15, 0.2) is 74.6 Å². The van der Waals surface area contributed by atoms with E-state index in [4.69, 9.17) is 4.99 Å². The number of carbonyl (C=O) groups is 3. The summed E-state index contributed by atoms with van der Waals surface area (Å²) in [4.78, 5) is 44.6. The molecular weight excluding hydrogens is 380 g/mol. The molecule has 0 radical (unpaired) electrons. The molecule has 0 fully saturated rings. The first-order chi connectivity index (χ1) is 14.4. The van der Waals surface area contributed by atoms with E-state index in [0.717, 1.165) is 12.1 Å². The van der Waals surface area contributed by atoms with Crippen LogP contribution < -0.4 is 10.6 Å². The van der Waals surface area contributed by atoms with Gasteiger partial charge in [0.25, 0.3) is 5.91 Å². The fraction of sp³-hybridized carbons (Fsp3) is 0.304. The monoisotopic (exact) mass is 404 g/mol. The van der Waals surface area contributed by atoms with Gasteiger partial charge in [0, 0.05) is 17.7 Å². The van der Waals surface area contributed by atoms with Crippen LogP contribution in [0.3, 0.4) is 0 Å². The van der Waals surface area contributed by atoms with Crippen LogP contribution in [0.2, 0.25) is 0 Å². The van der Waals surface area contributed by atoms with Gasteiger partial charge in [-0.2, -0.15) is 0 Å². The van der Waals surface area contributed by atoms with E-state index in [0.29, 0.717) is 58.8 Å². The van der Waals surface area contributed by atoms with Gasteiger partial charge in [0.15, 0.2) is 11.6 Å². The van der Waals surface area contributed by atoms with Crippen molar-refractivity contribution in [3.8, 4) is 0 Å². The SMILES string of the molecule is CNCCC1=C2C(=O)C=CC(C3=NC4=CC=CC(=O)C4=C3CCN(C)C)=C2NC1=O. The maximum Gasteiger partial charge on any atom is 0.252 e. The molecule has 0 saturated heterocycles. The fourth-order valence-corrected chi connectivity index (χ4v) is 4.03. The predicted octanol–water partition coefficient (Wildman–Crippen LogP) is 1.14. The van der Waals surface area contributed by atoms with Crippen molar-refractivity contribution >= 4 is 23.2 Å². The van der Waals surface area contributed by atoms with E-state index in [-0.39, 0.29) is 17.5 Å². The molecular formula is C23H24N4O3. The first kappa shape index (κ1) is 20.1. The van der Waals surface area contributed by atoms with Gasteiger partial charge in [-0.3, -0.25) is 14.4 Å². The lowest BCUT2D eigenvalue weighted by molar-refractivity contribution is -0.116. The van der Waals surface area contributed by atoms with Gasteiger partial charge in [0.05, 0.1) is 28.3 Å². The summed E-state index contributed by atoms with van der Waals surface area (Å²) in [6, 6.07) is 0. The average Bonchev–Trinajstić information content (AvgIpc) is 3.24. The molecule has 0 aromatic carbocycles. The van der Waals surface area contributed by atoms with E-state index < -0.39 is 0 Å². The molecule has 2 N–H and O–H groups in total. The smallest absolute Gasteiger partial charge is 0.252 e. The van der Waals surface area contributed by atoms with Crippen molar-refractivity contribution in [2.75, 3.05) is 34.2 Å². The summed E-state index contributed by atoms with van der Waals surface area (Å²) < 4.78 is 0. The maximum atomic E-state index is 12.6. The largest absolute Gasteiger partial charge is 0.321 e. The van der Waals surface area contributed by atoms with Crippen LogP contribution in [0, 0.1) is 0 Å². The minimum absolute atomic E-state index is 0.0672. The molecule has 154 valence electrons. The van der Waals surface area contributed by atoms with Crippen molar-refractivity contribution in [3.63, 3.8) is 0 Å². The van der Waals surface area contributed by atoms with Gasteiger partial charge in [-0.1, -0.05) is 6.08 Å². The highest BCUT2D eigenvalue weighted by molar-refractivity contribution is 6.29. The number of fused-ring (bicyclic) bond motifs is 2. The molecule has 7 nitrogen and oxygen atoms in total. The number of aliphatic imine (C=N–C) groups is 1. The molecule has 1 amide bonds. The van der Waals surface area contributed by atoms with E-state index in [1.54, 1.807) is 25.3 Å². The van der Waals surface area contributed by atoms with E-state index in [1.807, 2.05) is 25.1 Å². The number of hydrogen-bond acceptors (Lipinski definition) is 6. The van der Waals surface area contributed by atoms with Crippen molar-refractivity contribution in [2.24, 2.45) is 4.99 Å². The normalized spacial score (nSPS) is 20.3. The molecule has 0 unspecified atom stereocenters. The molecule has 2 heterocycles. The van der Waals surface area contributed by atoms with Gasteiger partial charge in [-0.25, -0.2) is 4.99 Å². The zero-order valence-electron chi connectivity index (χ0n) is 17.3. The summed E-state index contributed by atoms with van der Waals surface area (Å²) in [5, 5.41) is 5.90. The van der Waals surface area contributed by atoms with Crippen LogP contribution in [0.5, 0.6) is 0 Å². The Kier molecular flexibility index (Phi) is 5.32. The van der Waals surface area contributed by atoms with E-state index in [2.05, 4.69) is 10.6 Å². The number of carbonyl (C=O) groups excluding carboxylic acids is 3. The maximum absolute atomic E-state index is 12.6. The quantitative estimate of drug-likeness (QED) is 0.664. The highest BCUT2D eigenvalue weighted by Crippen LogP contribution is 2.38. The lowest BCUT2D eigenvalue weighted by atomic mass is 9.87. The Hall–Kier alpha value is -3.16. The molecule has 0 aromatic rings. The molecule has 2 aliphatic carbocycles. The van der Waals surface area contributed by atoms with Crippen molar-refractivity contribution in [3.05, 3.63) is 69.6 Å². The van der Waals surface area contributed by atoms with E-state index >= 15 is 0 Å². The van der Waals surface area contributed by atoms with Gasteiger partial charge in [-0.05, 0) is 70.4 Å². The van der Waals surface area contributed by atoms with Crippen LogP contribution >= 0.6 is 0 Å². The molecule has 7 heteroatoms. The fourth-order valence-electron chi connectivity index (χ4n) is 4.03. The predicted molar refractivity (Wildman–Crippen MR) is 115 cm³/mol. The molecule has 0 bridgehead atoms. The van der Waals surface area contributed by atoms with Crippen LogP contribution in [-0.2, 0) is 14.4 Å². The van der Waals surface area contributed by atoms with Gasteiger partial charge in [-0.15, -0.1) is 0 Å². The number of amides is 1. The summed E-state index contributed by atoms with van der Waals surface area (Å²) in [5.41, 5.74) is 4.83. The Morgan fingerprint density at radius 2 is 1.77 bits per heavy atom. The molecule has 0 saturated carbocycles. The summed E-state index contributed by atoms with van der Waals surface area (Å²) in [7, 11) is 5.76. The summed E-state index contributed by atoms with van der Waals surface area (Å²) in [6.45, 7) is 1.34. The Morgan fingerprint density at radius 3 is 2.50 bits per heavy atom.